The topological polar surface area (TPSA) is 89.1 Å². The van der Waals surface area contributed by atoms with Crippen molar-refractivity contribution in [2.75, 3.05) is 13.1 Å². The molecule has 0 aromatic carbocycles. The third kappa shape index (κ3) is 2.82. The SMILES string of the molecule is O=C(c1cnn2c1CCCC2)N1CCCC(O)(Cn2ccnn2)C1. The van der Waals surface area contributed by atoms with Crippen LogP contribution >= 0.6 is 0 Å². The second kappa shape index (κ2) is 6.01. The highest BCUT2D eigenvalue weighted by molar-refractivity contribution is 5.95. The molecule has 24 heavy (non-hydrogen) atoms. The number of aryl methyl sites for hydroxylation is 1. The van der Waals surface area contributed by atoms with Crippen molar-refractivity contribution in [3.8, 4) is 0 Å². The van der Waals surface area contributed by atoms with Crippen LogP contribution in [0, 0.1) is 0 Å². The normalized spacial score (nSPS) is 24.0. The summed E-state index contributed by atoms with van der Waals surface area (Å²) < 4.78 is 3.57. The summed E-state index contributed by atoms with van der Waals surface area (Å²) in [5.74, 6) is -0.0186. The molecule has 8 heteroatoms. The van der Waals surface area contributed by atoms with Crippen molar-refractivity contribution in [2.45, 2.75) is 50.8 Å². The third-order valence-electron chi connectivity index (χ3n) is 4.98. The standard InChI is InChI=1S/C16H22N6O2/c23-15(13-10-18-22-8-2-1-4-14(13)22)20-7-3-5-16(24,11-20)12-21-9-6-17-19-21/h6,9-10,24H,1-5,7-8,11-12H2. The van der Waals surface area contributed by atoms with Crippen molar-refractivity contribution >= 4 is 5.91 Å². The summed E-state index contributed by atoms with van der Waals surface area (Å²) in [5, 5.41) is 22.9. The van der Waals surface area contributed by atoms with E-state index in [0.29, 0.717) is 31.6 Å². The number of carbonyl (C=O) groups excluding carboxylic acids is 1. The zero-order chi connectivity index (χ0) is 16.6. The molecular formula is C16H22N6O2. The maximum absolute atomic E-state index is 12.9. The van der Waals surface area contributed by atoms with Gasteiger partial charge in [0.15, 0.2) is 0 Å². The fourth-order valence-electron chi connectivity index (χ4n) is 3.80. The molecule has 8 nitrogen and oxygen atoms in total. The lowest BCUT2D eigenvalue weighted by molar-refractivity contribution is -0.0387. The fourth-order valence-corrected chi connectivity index (χ4v) is 3.80. The minimum Gasteiger partial charge on any atom is -0.386 e. The molecule has 1 N–H and O–H groups in total. The summed E-state index contributed by atoms with van der Waals surface area (Å²) in [6, 6.07) is 0. The molecule has 4 heterocycles. The number of aromatic nitrogens is 5. The van der Waals surface area contributed by atoms with E-state index in [4.69, 9.17) is 0 Å². The average Bonchev–Trinajstić information content (AvgIpc) is 3.23. The molecule has 128 valence electrons. The highest BCUT2D eigenvalue weighted by Gasteiger charge is 2.37. The summed E-state index contributed by atoms with van der Waals surface area (Å²) >= 11 is 0. The Kier molecular flexibility index (Phi) is 3.84. The van der Waals surface area contributed by atoms with Gasteiger partial charge in [0.1, 0.15) is 5.60 Å². The zero-order valence-electron chi connectivity index (χ0n) is 13.6. The van der Waals surface area contributed by atoms with Crippen molar-refractivity contribution in [1.82, 2.24) is 29.7 Å². The minimum absolute atomic E-state index is 0.0186. The lowest BCUT2D eigenvalue weighted by Gasteiger charge is -2.39. The Morgan fingerprint density at radius 2 is 2.21 bits per heavy atom. The van der Waals surface area contributed by atoms with Crippen LogP contribution in [0.25, 0.3) is 0 Å². The molecule has 2 aliphatic rings. The molecule has 4 rings (SSSR count). The first-order valence-corrected chi connectivity index (χ1v) is 8.55. The lowest BCUT2D eigenvalue weighted by Crippen LogP contribution is -2.52. The highest BCUT2D eigenvalue weighted by atomic mass is 16.3. The lowest BCUT2D eigenvalue weighted by atomic mass is 9.92. The second-order valence-corrected chi connectivity index (χ2v) is 6.84. The Bertz CT molecular complexity index is 725. The Balaban J connectivity index is 1.51. The van der Waals surface area contributed by atoms with Gasteiger partial charge < -0.3 is 10.0 Å². The molecule has 1 amide bonds. The summed E-state index contributed by atoms with van der Waals surface area (Å²) in [6.07, 6.45) is 9.56. The molecule has 0 aliphatic carbocycles. The first-order valence-electron chi connectivity index (χ1n) is 8.55. The van der Waals surface area contributed by atoms with Gasteiger partial charge in [0.05, 0.1) is 36.7 Å². The van der Waals surface area contributed by atoms with E-state index < -0.39 is 5.60 Å². The van der Waals surface area contributed by atoms with Crippen LogP contribution in [0.5, 0.6) is 0 Å². The van der Waals surface area contributed by atoms with Gasteiger partial charge in [-0.2, -0.15) is 5.10 Å². The number of β-amino-alcohol motifs (C(OH)–C–C–N with tert-alkyl or cyclic N) is 1. The van der Waals surface area contributed by atoms with Crippen molar-refractivity contribution < 1.29 is 9.90 Å². The van der Waals surface area contributed by atoms with Crippen LogP contribution in [0.15, 0.2) is 18.6 Å². The molecule has 0 spiro atoms. The molecule has 1 unspecified atom stereocenters. The molecule has 1 atom stereocenters. The summed E-state index contributed by atoms with van der Waals surface area (Å²) in [7, 11) is 0. The van der Waals surface area contributed by atoms with Crippen LogP contribution in [0.1, 0.15) is 41.7 Å². The van der Waals surface area contributed by atoms with E-state index in [0.717, 1.165) is 37.9 Å². The van der Waals surface area contributed by atoms with Gasteiger partial charge in [-0.3, -0.25) is 9.48 Å². The van der Waals surface area contributed by atoms with Crippen molar-refractivity contribution in [3.63, 3.8) is 0 Å². The largest absolute Gasteiger partial charge is 0.386 e. The third-order valence-corrected chi connectivity index (χ3v) is 4.98. The number of rotatable bonds is 3. The summed E-state index contributed by atoms with van der Waals surface area (Å²) in [6.45, 7) is 2.22. The molecule has 1 saturated heterocycles. The van der Waals surface area contributed by atoms with Gasteiger partial charge >= 0.3 is 0 Å². The fraction of sp³-hybridized carbons (Fsp3) is 0.625. The molecule has 0 bridgehead atoms. The Hall–Kier alpha value is -2.22. The van der Waals surface area contributed by atoms with Crippen molar-refractivity contribution in [1.29, 1.82) is 0 Å². The Morgan fingerprint density at radius 3 is 3.04 bits per heavy atom. The predicted molar refractivity (Wildman–Crippen MR) is 85.3 cm³/mol. The maximum atomic E-state index is 12.9. The van der Waals surface area contributed by atoms with Crippen LogP contribution in [0.2, 0.25) is 0 Å². The first-order chi connectivity index (χ1) is 11.6. The smallest absolute Gasteiger partial charge is 0.257 e. The molecule has 2 aromatic heterocycles. The van der Waals surface area contributed by atoms with Gasteiger partial charge in [0, 0.05) is 19.3 Å². The van der Waals surface area contributed by atoms with Crippen LogP contribution in [0.3, 0.4) is 0 Å². The van der Waals surface area contributed by atoms with E-state index in [1.165, 1.54) is 0 Å². The summed E-state index contributed by atoms with van der Waals surface area (Å²) in [4.78, 5) is 14.7. The van der Waals surface area contributed by atoms with Gasteiger partial charge in [-0.15, -0.1) is 5.10 Å². The van der Waals surface area contributed by atoms with Crippen LogP contribution in [0.4, 0.5) is 0 Å². The maximum Gasteiger partial charge on any atom is 0.257 e. The Morgan fingerprint density at radius 1 is 1.29 bits per heavy atom. The van der Waals surface area contributed by atoms with Crippen LogP contribution in [-0.2, 0) is 19.5 Å². The average molecular weight is 330 g/mol. The monoisotopic (exact) mass is 330 g/mol. The molecule has 2 aliphatic heterocycles. The number of nitrogens with zero attached hydrogens (tertiary/aromatic N) is 6. The van der Waals surface area contributed by atoms with Gasteiger partial charge in [0.25, 0.3) is 5.91 Å². The van der Waals surface area contributed by atoms with E-state index in [-0.39, 0.29) is 5.91 Å². The summed E-state index contributed by atoms with van der Waals surface area (Å²) in [5.41, 5.74) is 0.769. The quantitative estimate of drug-likeness (QED) is 0.884. The number of carbonyl (C=O) groups is 1. The number of amides is 1. The van der Waals surface area contributed by atoms with E-state index in [2.05, 4.69) is 15.4 Å². The van der Waals surface area contributed by atoms with Crippen LogP contribution in [-0.4, -0.2) is 59.4 Å². The highest BCUT2D eigenvalue weighted by Crippen LogP contribution is 2.26. The Labute approximate surface area is 140 Å². The van der Waals surface area contributed by atoms with Crippen molar-refractivity contribution in [3.05, 3.63) is 29.8 Å². The van der Waals surface area contributed by atoms with Gasteiger partial charge in [-0.25, -0.2) is 4.68 Å². The zero-order valence-corrected chi connectivity index (χ0v) is 13.6. The number of aliphatic hydroxyl groups is 1. The molecular weight excluding hydrogens is 308 g/mol. The molecule has 1 fully saturated rings. The molecule has 0 saturated carbocycles. The van der Waals surface area contributed by atoms with Crippen LogP contribution < -0.4 is 0 Å². The number of likely N-dealkylation sites (tertiary alicyclic amines) is 1. The number of hydrogen-bond acceptors (Lipinski definition) is 5. The van der Waals surface area contributed by atoms with E-state index >= 15 is 0 Å². The predicted octanol–water partition coefficient (Wildman–Crippen LogP) is 0.478. The van der Waals surface area contributed by atoms with E-state index in [9.17, 15) is 9.90 Å². The van der Waals surface area contributed by atoms with Gasteiger partial charge in [-0.1, -0.05) is 5.21 Å². The number of piperidine rings is 1. The van der Waals surface area contributed by atoms with Crippen molar-refractivity contribution in [2.24, 2.45) is 0 Å². The molecule has 0 radical (unpaired) electrons. The van der Waals surface area contributed by atoms with E-state index in [1.54, 1.807) is 28.2 Å². The van der Waals surface area contributed by atoms with E-state index in [1.807, 2.05) is 4.68 Å². The number of fused-ring (bicyclic) bond motifs is 1. The first kappa shape index (κ1) is 15.3. The number of hydrogen-bond donors (Lipinski definition) is 1. The van der Waals surface area contributed by atoms with Gasteiger partial charge in [-0.05, 0) is 32.1 Å². The minimum atomic E-state index is -0.963. The second-order valence-electron chi connectivity index (χ2n) is 6.84. The van der Waals surface area contributed by atoms with Gasteiger partial charge in [0.2, 0.25) is 0 Å². The molecule has 2 aromatic rings.